The summed E-state index contributed by atoms with van der Waals surface area (Å²) in [4.78, 5) is 12.3. The Labute approximate surface area is 113 Å². The zero-order valence-corrected chi connectivity index (χ0v) is 12.0. The number of rotatable bonds is 4. The van der Waals surface area contributed by atoms with Crippen LogP contribution in [0.1, 0.15) is 10.4 Å². The second-order valence-corrected chi connectivity index (χ2v) is 6.39. The number of carbonyl (C=O) groups is 1. The van der Waals surface area contributed by atoms with Gasteiger partial charge in [-0.05, 0) is 34.1 Å². The maximum atomic E-state index is 11.7. The lowest BCUT2D eigenvalue weighted by Gasteiger charge is -2.06. The van der Waals surface area contributed by atoms with Crippen LogP contribution in [0.25, 0.3) is 0 Å². The number of sulfonamides is 1. The Bertz CT molecular complexity index is 531. The van der Waals surface area contributed by atoms with Gasteiger partial charge in [-0.1, -0.05) is 0 Å². The van der Waals surface area contributed by atoms with Crippen LogP contribution in [0.2, 0.25) is 0 Å². The summed E-state index contributed by atoms with van der Waals surface area (Å²) in [6, 6.07) is 5.00. The molecule has 0 unspecified atom stereocenters. The topological polar surface area (TPSA) is 89.3 Å². The Hall–Kier alpha value is -0.570. The van der Waals surface area contributed by atoms with Crippen molar-refractivity contribution in [1.29, 1.82) is 0 Å². The van der Waals surface area contributed by atoms with Gasteiger partial charge in [0.25, 0.3) is 5.91 Å². The highest BCUT2D eigenvalue weighted by Gasteiger charge is 2.11. The first-order chi connectivity index (χ1) is 7.79. The van der Waals surface area contributed by atoms with Gasteiger partial charge in [-0.25, -0.2) is 13.6 Å². The SMILES string of the molecule is NS(=O)(=O)CCNC(=O)c1cc(S)ccc1Br. The summed E-state index contributed by atoms with van der Waals surface area (Å²) in [6.07, 6.45) is 0. The van der Waals surface area contributed by atoms with Crippen molar-refractivity contribution >= 4 is 44.5 Å². The van der Waals surface area contributed by atoms with E-state index in [-0.39, 0.29) is 18.2 Å². The van der Waals surface area contributed by atoms with E-state index < -0.39 is 10.0 Å². The monoisotopic (exact) mass is 338 g/mol. The van der Waals surface area contributed by atoms with E-state index in [9.17, 15) is 13.2 Å². The third-order valence-corrected chi connectivity index (χ3v) is 3.61. The second kappa shape index (κ2) is 5.85. The fourth-order valence-electron chi connectivity index (χ4n) is 1.09. The molecule has 8 heteroatoms. The van der Waals surface area contributed by atoms with Crippen molar-refractivity contribution in [3.05, 3.63) is 28.2 Å². The van der Waals surface area contributed by atoms with Gasteiger partial charge in [-0.2, -0.15) is 0 Å². The standard InChI is InChI=1S/C9H11BrN2O3S2/c10-8-2-1-6(16)5-7(8)9(13)12-3-4-17(11,14)15/h1-2,5,16H,3-4H2,(H,12,13)(H2,11,14,15). The minimum Gasteiger partial charge on any atom is -0.351 e. The van der Waals surface area contributed by atoms with Crippen molar-refractivity contribution in [2.45, 2.75) is 4.90 Å². The van der Waals surface area contributed by atoms with E-state index in [1.807, 2.05) is 0 Å². The lowest BCUT2D eigenvalue weighted by molar-refractivity contribution is 0.0955. The average molecular weight is 339 g/mol. The van der Waals surface area contributed by atoms with Crippen LogP contribution in [-0.2, 0) is 10.0 Å². The number of halogens is 1. The van der Waals surface area contributed by atoms with Gasteiger partial charge in [-0.15, -0.1) is 12.6 Å². The first-order valence-corrected chi connectivity index (χ1v) is 7.52. The molecule has 0 aromatic heterocycles. The third-order valence-electron chi connectivity index (χ3n) is 1.87. The number of amides is 1. The number of primary sulfonamides is 1. The van der Waals surface area contributed by atoms with E-state index in [4.69, 9.17) is 5.14 Å². The summed E-state index contributed by atoms with van der Waals surface area (Å²) in [6.45, 7) is -0.0269. The number of carbonyl (C=O) groups excluding carboxylic acids is 1. The molecule has 0 aliphatic rings. The van der Waals surface area contributed by atoms with E-state index in [0.717, 1.165) is 0 Å². The predicted molar refractivity (Wildman–Crippen MR) is 71.7 cm³/mol. The summed E-state index contributed by atoms with van der Waals surface area (Å²) in [5.74, 6) is -0.673. The number of benzene rings is 1. The molecule has 0 spiro atoms. The molecule has 17 heavy (non-hydrogen) atoms. The van der Waals surface area contributed by atoms with E-state index in [1.54, 1.807) is 18.2 Å². The zero-order valence-electron chi connectivity index (χ0n) is 8.68. The molecule has 0 radical (unpaired) electrons. The van der Waals surface area contributed by atoms with Crippen LogP contribution in [0, 0.1) is 0 Å². The fourth-order valence-corrected chi connectivity index (χ4v) is 2.11. The van der Waals surface area contributed by atoms with Gasteiger partial charge in [0, 0.05) is 15.9 Å². The van der Waals surface area contributed by atoms with Crippen molar-refractivity contribution in [2.75, 3.05) is 12.3 Å². The highest BCUT2D eigenvalue weighted by molar-refractivity contribution is 9.10. The summed E-state index contributed by atoms with van der Waals surface area (Å²) in [7, 11) is -3.56. The van der Waals surface area contributed by atoms with Gasteiger partial charge in [0.1, 0.15) is 0 Å². The molecule has 0 atom stereocenters. The molecule has 1 amide bonds. The van der Waals surface area contributed by atoms with Crippen LogP contribution in [0.3, 0.4) is 0 Å². The third kappa shape index (κ3) is 5.07. The quantitative estimate of drug-likeness (QED) is 0.708. The van der Waals surface area contributed by atoms with Gasteiger partial charge in [0.05, 0.1) is 11.3 Å². The molecule has 0 saturated heterocycles. The molecule has 0 aliphatic carbocycles. The van der Waals surface area contributed by atoms with Gasteiger partial charge in [-0.3, -0.25) is 4.79 Å². The molecular formula is C9H11BrN2O3S2. The largest absolute Gasteiger partial charge is 0.351 e. The highest BCUT2D eigenvalue weighted by Crippen LogP contribution is 2.19. The molecule has 94 valence electrons. The van der Waals surface area contributed by atoms with E-state index in [0.29, 0.717) is 14.9 Å². The van der Waals surface area contributed by atoms with E-state index in [1.165, 1.54) is 0 Å². The summed E-state index contributed by atoms with van der Waals surface area (Å²) < 4.78 is 22.0. The molecule has 1 aromatic rings. The number of nitrogens with one attached hydrogen (secondary N) is 1. The number of thiol groups is 1. The Morgan fingerprint density at radius 1 is 1.47 bits per heavy atom. The lowest BCUT2D eigenvalue weighted by Crippen LogP contribution is -2.31. The fraction of sp³-hybridized carbons (Fsp3) is 0.222. The minimum absolute atomic E-state index is 0.0269. The van der Waals surface area contributed by atoms with Crippen LogP contribution in [0.4, 0.5) is 0 Å². The molecule has 0 bridgehead atoms. The maximum Gasteiger partial charge on any atom is 0.252 e. The van der Waals surface area contributed by atoms with Crippen molar-refractivity contribution in [1.82, 2.24) is 5.32 Å². The molecule has 0 aliphatic heterocycles. The van der Waals surface area contributed by atoms with Crippen LogP contribution in [-0.4, -0.2) is 26.6 Å². The molecule has 0 saturated carbocycles. The van der Waals surface area contributed by atoms with Crippen LogP contribution >= 0.6 is 28.6 Å². The molecule has 1 aromatic carbocycles. The normalized spacial score (nSPS) is 11.2. The first-order valence-electron chi connectivity index (χ1n) is 4.57. The molecule has 0 fully saturated rings. The van der Waals surface area contributed by atoms with Crippen LogP contribution in [0.15, 0.2) is 27.6 Å². The molecule has 1 rings (SSSR count). The zero-order chi connectivity index (χ0) is 13.1. The predicted octanol–water partition coefficient (Wildman–Crippen LogP) is 0.756. The second-order valence-electron chi connectivity index (χ2n) is 3.29. The summed E-state index contributed by atoms with van der Waals surface area (Å²) in [5, 5.41) is 7.28. The minimum atomic E-state index is -3.56. The van der Waals surface area contributed by atoms with E-state index >= 15 is 0 Å². The van der Waals surface area contributed by atoms with Crippen molar-refractivity contribution in [3.8, 4) is 0 Å². The maximum absolute atomic E-state index is 11.7. The Balaban J connectivity index is 2.67. The summed E-state index contributed by atoms with van der Waals surface area (Å²) in [5.41, 5.74) is 0.395. The number of nitrogens with two attached hydrogens (primary N) is 1. The molecule has 5 nitrogen and oxygen atoms in total. The van der Waals surface area contributed by atoms with Gasteiger partial charge >= 0.3 is 0 Å². The molecular weight excluding hydrogens is 328 g/mol. The Morgan fingerprint density at radius 3 is 2.71 bits per heavy atom. The first kappa shape index (κ1) is 14.5. The Morgan fingerprint density at radius 2 is 2.12 bits per heavy atom. The molecule has 3 N–H and O–H groups in total. The van der Waals surface area contributed by atoms with Crippen molar-refractivity contribution in [2.24, 2.45) is 5.14 Å². The van der Waals surface area contributed by atoms with Gasteiger partial charge < -0.3 is 5.32 Å². The van der Waals surface area contributed by atoms with Crippen LogP contribution in [0.5, 0.6) is 0 Å². The summed E-state index contributed by atoms with van der Waals surface area (Å²) >= 11 is 7.34. The molecule has 0 heterocycles. The van der Waals surface area contributed by atoms with Crippen molar-refractivity contribution < 1.29 is 13.2 Å². The average Bonchev–Trinajstić information content (AvgIpc) is 2.19. The van der Waals surface area contributed by atoms with Gasteiger partial charge in [0.15, 0.2) is 0 Å². The number of hydrogen-bond donors (Lipinski definition) is 3. The highest BCUT2D eigenvalue weighted by atomic mass is 79.9. The van der Waals surface area contributed by atoms with Gasteiger partial charge in [0.2, 0.25) is 10.0 Å². The number of hydrogen-bond acceptors (Lipinski definition) is 4. The smallest absolute Gasteiger partial charge is 0.252 e. The lowest BCUT2D eigenvalue weighted by atomic mass is 10.2. The van der Waals surface area contributed by atoms with Crippen molar-refractivity contribution in [3.63, 3.8) is 0 Å². The Kier molecular flexibility index (Phi) is 4.99. The van der Waals surface area contributed by atoms with E-state index in [2.05, 4.69) is 33.9 Å². The van der Waals surface area contributed by atoms with Crippen LogP contribution < -0.4 is 10.5 Å².